The van der Waals surface area contributed by atoms with E-state index in [1.807, 2.05) is 36.4 Å². The number of carboxylic acid groups (broad SMARTS) is 1. The van der Waals surface area contributed by atoms with Crippen molar-refractivity contribution in [3.63, 3.8) is 0 Å². The van der Waals surface area contributed by atoms with Crippen LogP contribution in [0.5, 0.6) is 5.75 Å². The number of ether oxygens (including phenoxy) is 1. The van der Waals surface area contributed by atoms with Gasteiger partial charge in [-0.05, 0) is 42.7 Å². The molecule has 1 aromatic heterocycles. The van der Waals surface area contributed by atoms with E-state index in [0.29, 0.717) is 10.8 Å². The molecular weight excluding hydrogens is 334 g/mol. The van der Waals surface area contributed by atoms with E-state index in [1.165, 1.54) is 11.3 Å². The third kappa shape index (κ3) is 3.37. The Hall–Kier alpha value is -1.56. The van der Waals surface area contributed by atoms with Gasteiger partial charge < -0.3 is 9.84 Å². The van der Waals surface area contributed by atoms with Gasteiger partial charge in [0.25, 0.3) is 0 Å². The lowest BCUT2D eigenvalue weighted by atomic mass is 10.0. The lowest BCUT2D eigenvalue weighted by Gasteiger charge is -2.31. The third-order valence-electron chi connectivity index (χ3n) is 4.18. The number of carbonyl (C=O) groups is 1. The lowest BCUT2D eigenvalue weighted by molar-refractivity contribution is -0.142. The minimum absolute atomic E-state index is 0.119. The minimum atomic E-state index is -0.766. The number of likely N-dealkylation sites (tertiary alicyclic amines) is 1. The van der Waals surface area contributed by atoms with Crippen LogP contribution in [0.4, 0.5) is 0 Å². The summed E-state index contributed by atoms with van der Waals surface area (Å²) < 4.78 is 6.03. The molecule has 0 spiro atoms. The second kappa shape index (κ2) is 6.91. The van der Waals surface area contributed by atoms with E-state index in [1.54, 1.807) is 7.11 Å². The van der Waals surface area contributed by atoms with Crippen LogP contribution < -0.4 is 4.74 Å². The molecule has 122 valence electrons. The Morgan fingerprint density at radius 3 is 2.91 bits per heavy atom. The van der Waals surface area contributed by atoms with Gasteiger partial charge in [0.2, 0.25) is 0 Å². The van der Waals surface area contributed by atoms with Gasteiger partial charge in [-0.15, -0.1) is 11.3 Å². The maximum Gasteiger partial charge on any atom is 0.320 e. The van der Waals surface area contributed by atoms with E-state index in [4.69, 9.17) is 16.3 Å². The van der Waals surface area contributed by atoms with Gasteiger partial charge in [-0.3, -0.25) is 9.69 Å². The second-order valence-electron chi connectivity index (χ2n) is 5.56. The van der Waals surface area contributed by atoms with Crippen molar-refractivity contribution in [1.82, 2.24) is 4.90 Å². The van der Waals surface area contributed by atoms with Gasteiger partial charge in [-0.25, -0.2) is 0 Å². The summed E-state index contributed by atoms with van der Waals surface area (Å²) in [5.74, 6) is -0.000672. The maximum absolute atomic E-state index is 11.6. The Morgan fingerprint density at radius 2 is 2.26 bits per heavy atom. The molecule has 2 unspecified atom stereocenters. The number of halogens is 1. The minimum Gasteiger partial charge on any atom is -0.497 e. The summed E-state index contributed by atoms with van der Waals surface area (Å²) in [6.07, 6.45) is 1.56. The van der Waals surface area contributed by atoms with Gasteiger partial charge in [0.1, 0.15) is 11.8 Å². The van der Waals surface area contributed by atoms with Crippen LogP contribution in [0.3, 0.4) is 0 Å². The average Bonchev–Trinajstić information content (AvgIpc) is 3.18. The highest BCUT2D eigenvalue weighted by Gasteiger charge is 2.37. The van der Waals surface area contributed by atoms with Crippen molar-refractivity contribution in [2.24, 2.45) is 0 Å². The third-order valence-corrected chi connectivity index (χ3v) is 5.47. The van der Waals surface area contributed by atoms with Crippen LogP contribution in [0.25, 0.3) is 0 Å². The predicted molar refractivity (Wildman–Crippen MR) is 91.5 cm³/mol. The number of rotatable bonds is 5. The molecule has 0 bridgehead atoms. The fraction of sp³-hybridized carbons (Fsp3) is 0.353. The monoisotopic (exact) mass is 351 g/mol. The Kier molecular flexibility index (Phi) is 4.90. The van der Waals surface area contributed by atoms with Crippen LogP contribution in [-0.2, 0) is 4.79 Å². The Balaban J connectivity index is 2.05. The van der Waals surface area contributed by atoms with Crippen LogP contribution in [0.15, 0.2) is 36.4 Å². The molecule has 1 fully saturated rings. The molecule has 4 nitrogen and oxygen atoms in total. The van der Waals surface area contributed by atoms with Gasteiger partial charge >= 0.3 is 5.97 Å². The molecule has 3 rings (SSSR count). The number of carboxylic acids is 1. The van der Waals surface area contributed by atoms with E-state index in [0.717, 1.165) is 29.2 Å². The molecule has 0 saturated carbocycles. The van der Waals surface area contributed by atoms with E-state index < -0.39 is 12.0 Å². The molecule has 0 radical (unpaired) electrons. The van der Waals surface area contributed by atoms with Gasteiger partial charge in [-0.1, -0.05) is 23.7 Å². The summed E-state index contributed by atoms with van der Waals surface area (Å²) >= 11 is 7.61. The smallest absolute Gasteiger partial charge is 0.320 e. The number of hydrogen-bond acceptors (Lipinski definition) is 4. The van der Waals surface area contributed by atoms with Crippen molar-refractivity contribution in [3.05, 3.63) is 51.2 Å². The van der Waals surface area contributed by atoms with E-state index in [9.17, 15) is 9.90 Å². The van der Waals surface area contributed by atoms with Crippen molar-refractivity contribution < 1.29 is 14.6 Å². The molecule has 1 aromatic carbocycles. The lowest BCUT2D eigenvalue weighted by Crippen LogP contribution is -2.39. The van der Waals surface area contributed by atoms with E-state index >= 15 is 0 Å². The molecule has 0 aliphatic carbocycles. The van der Waals surface area contributed by atoms with Crippen LogP contribution in [0.2, 0.25) is 4.34 Å². The molecule has 1 aliphatic heterocycles. The maximum atomic E-state index is 11.6. The Labute approximate surface area is 144 Å². The first-order valence-electron chi connectivity index (χ1n) is 7.48. The van der Waals surface area contributed by atoms with Gasteiger partial charge in [-0.2, -0.15) is 0 Å². The Bertz CT molecular complexity index is 703. The molecule has 6 heteroatoms. The first-order valence-corrected chi connectivity index (χ1v) is 8.67. The fourth-order valence-corrected chi connectivity index (χ4v) is 4.38. The Morgan fingerprint density at radius 1 is 1.43 bits per heavy atom. The number of thiophene rings is 1. The first kappa shape index (κ1) is 16.3. The quantitative estimate of drug-likeness (QED) is 0.883. The first-order chi connectivity index (χ1) is 11.1. The molecule has 1 saturated heterocycles. The van der Waals surface area contributed by atoms with Crippen LogP contribution in [-0.4, -0.2) is 35.7 Å². The van der Waals surface area contributed by atoms with Crippen molar-refractivity contribution in [2.45, 2.75) is 24.9 Å². The molecule has 0 amide bonds. The van der Waals surface area contributed by atoms with Crippen molar-refractivity contribution >= 4 is 28.9 Å². The summed E-state index contributed by atoms with van der Waals surface area (Å²) in [4.78, 5) is 14.7. The number of aliphatic carboxylic acids is 1. The number of benzene rings is 1. The van der Waals surface area contributed by atoms with E-state index in [-0.39, 0.29) is 6.04 Å². The van der Waals surface area contributed by atoms with Crippen LogP contribution in [0.1, 0.15) is 29.3 Å². The molecular formula is C17H18ClNO3S. The summed E-state index contributed by atoms with van der Waals surface area (Å²) in [6, 6.07) is 11.1. The van der Waals surface area contributed by atoms with Gasteiger partial charge in [0.15, 0.2) is 0 Å². The highest BCUT2D eigenvalue weighted by Crippen LogP contribution is 2.39. The highest BCUT2D eigenvalue weighted by atomic mass is 35.5. The molecule has 1 aliphatic rings. The molecule has 23 heavy (non-hydrogen) atoms. The standard InChI is InChI=1S/C17H18ClNO3S/c1-22-12-5-2-4-11(10-12)16(14-7-8-15(18)23-14)19-9-3-6-13(19)17(20)21/h2,4-5,7-8,10,13,16H,3,6,9H2,1H3,(H,20,21). The largest absolute Gasteiger partial charge is 0.497 e. The van der Waals surface area contributed by atoms with Crippen molar-refractivity contribution in [1.29, 1.82) is 0 Å². The number of methoxy groups -OCH3 is 1. The summed E-state index contributed by atoms with van der Waals surface area (Å²) in [6.45, 7) is 0.758. The second-order valence-corrected chi connectivity index (χ2v) is 7.30. The fourth-order valence-electron chi connectivity index (χ4n) is 3.17. The zero-order valence-electron chi connectivity index (χ0n) is 12.7. The van der Waals surface area contributed by atoms with Gasteiger partial charge in [0, 0.05) is 11.4 Å². The zero-order chi connectivity index (χ0) is 16.4. The zero-order valence-corrected chi connectivity index (χ0v) is 14.3. The normalized spacial score (nSPS) is 19.7. The van der Waals surface area contributed by atoms with Crippen LogP contribution in [0, 0.1) is 0 Å². The number of hydrogen-bond donors (Lipinski definition) is 1. The summed E-state index contributed by atoms with van der Waals surface area (Å²) in [5.41, 5.74) is 1.02. The molecule has 1 N–H and O–H groups in total. The molecule has 2 heterocycles. The highest BCUT2D eigenvalue weighted by molar-refractivity contribution is 7.16. The SMILES string of the molecule is COc1cccc(C(c2ccc(Cl)s2)N2CCCC2C(=O)O)c1. The number of nitrogens with zero attached hydrogens (tertiary/aromatic N) is 1. The van der Waals surface area contributed by atoms with Crippen LogP contribution >= 0.6 is 22.9 Å². The summed E-state index contributed by atoms with van der Waals surface area (Å²) in [7, 11) is 1.63. The molecule has 2 atom stereocenters. The average molecular weight is 352 g/mol. The van der Waals surface area contributed by atoms with Gasteiger partial charge in [0.05, 0.1) is 17.5 Å². The molecule has 2 aromatic rings. The summed E-state index contributed by atoms with van der Waals surface area (Å²) in [5, 5.41) is 9.54. The topological polar surface area (TPSA) is 49.8 Å². The predicted octanol–water partition coefficient (Wildman–Crippen LogP) is 4.05. The van der Waals surface area contributed by atoms with Crippen molar-refractivity contribution in [2.75, 3.05) is 13.7 Å². The van der Waals surface area contributed by atoms with E-state index in [2.05, 4.69) is 4.90 Å². The van der Waals surface area contributed by atoms with Crippen molar-refractivity contribution in [3.8, 4) is 5.75 Å².